The van der Waals surface area contributed by atoms with Crippen LogP contribution in [0, 0.1) is 0 Å². The van der Waals surface area contributed by atoms with E-state index in [0.29, 0.717) is 12.5 Å². The van der Waals surface area contributed by atoms with Crippen LogP contribution in [0.3, 0.4) is 0 Å². The largest absolute Gasteiger partial charge is 0.493 e. The fourth-order valence-electron chi connectivity index (χ4n) is 2.72. The number of hydrogen-bond donors (Lipinski definition) is 1. The van der Waals surface area contributed by atoms with Gasteiger partial charge in [0.1, 0.15) is 0 Å². The smallest absolute Gasteiger partial charge is 0.222 e. The third-order valence-electron chi connectivity index (χ3n) is 4.02. The topological polar surface area (TPSA) is 50.8 Å². The summed E-state index contributed by atoms with van der Waals surface area (Å²) < 4.78 is 10.6. The van der Waals surface area contributed by atoms with Crippen molar-refractivity contribution in [3.63, 3.8) is 0 Å². The summed E-state index contributed by atoms with van der Waals surface area (Å²) in [5, 5.41) is 3.58. The van der Waals surface area contributed by atoms with Gasteiger partial charge < -0.3 is 19.7 Å². The summed E-state index contributed by atoms with van der Waals surface area (Å²) in [6.45, 7) is 2.88. The molecule has 1 heterocycles. The molecular weight excluding hydrogens is 268 g/mol. The number of rotatable bonds is 5. The van der Waals surface area contributed by atoms with Crippen LogP contribution in [0.1, 0.15) is 31.4 Å². The highest BCUT2D eigenvalue weighted by atomic mass is 16.5. The maximum atomic E-state index is 11.5. The van der Waals surface area contributed by atoms with Gasteiger partial charge in [0.05, 0.1) is 14.2 Å². The maximum Gasteiger partial charge on any atom is 0.222 e. The van der Waals surface area contributed by atoms with Gasteiger partial charge in [-0.25, -0.2) is 0 Å². The van der Waals surface area contributed by atoms with Crippen molar-refractivity contribution in [2.45, 2.75) is 31.8 Å². The molecule has 1 saturated heterocycles. The molecule has 0 aromatic heterocycles. The zero-order valence-corrected chi connectivity index (χ0v) is 13.2. The second-order valence-electron chi connectivity index (χ2n) is 5.51. The first kappa shape index (κ1) is 15.6. The number of methoxy groups -OCH3 is 2. The quantitative estimate of drug-likeness (QED) is 0.901. The fourth-order valence-corrected chi connectivity index (χ4v) is 2.72. The Kier molecular flexibility index (Phi) is 5.07. The summed E-state index contributed by atoms with van der Waals surface area (Å²) in [7, 11) is 5.13. The molecule has 1 aromatic carbocycles. The second-order valence-corrected chi connectivity index (χ2v) is 5.51. The Morgan fingerprint density at radius 1 is 1.29 bits per heavy atom. The fraction of sp³-hybridized carbons (Fsp3) is 0.562. The zero-order valence-electron chi connectivity index (χ0n) is 13.2. The summed E-state index contributed by atoms with van der Waals surface area (Å²) in [5.74, 6) is 1.70. The number of benzene rings is 1. The Morgan fingerprint density at radius 2 is 2.00 bits per heavy atom. The first-order chi connectivity index (χ1) is 10.0. The van der Waals surface area contributed by atoms with E-state index >= 15 is 0 Å². The number of ether oxygens (including phenoxy) is 2. The van der Waals surface area contributed by atoms with E-state index in [4.69, 9.17) is 9.47 Å². The lowest BCUT2D eigenvalue weighted by molar-refractivity contribution is -0.132. The van der Waals surface area contributed by atoms with E-state index in [2.05, 4.69) is 12.2 Å². The monoisotopic (exact) mass is 292 g/mol. The minimum atomic E-state index is 0.191. The van der Waals surface area contributed by atoms with Gasteiger partial charge in [-0.3, -0.25) is 4.79 Å². The molecule has 0 radical (unpaired) electrons. The standard InChI is InChI=1S/C16H24N2O3/c1-11(17-13-6-8-16(19)18(2)10-13)12-5-7-14(20-3)15(9-12)21-4/h5,7,9,11,13,17H,6,8,10H2,1-4H3. The minimum Gasteiger partial charge on any atom is -0.493 e. The molecule has 2 atom stereocenters. The van der Waals surface area contributed by atoms with Crippen LogP contribution in [0.2, 0.25) is 0 Å². The summed E-state index contributed by atoms with van der Waals surface area (Å²) in [5.41, 5.74) is 1.15. The van der Waals surface area contributed by atoms with Gasteiger partial charge in [0.2, 0.25) is 5.91 Å². The van der Waals surface area contributed by atoms with Crippen LogP contribution < -0.4 is 14.8 Å². The molecular formula is C16H24N2O3. The lowest BCUT2D eigenvalue weighted by Gasteiger charge is -2.32. The number of likely N-dealkylation sites (tertiary alicyclic amines) is 1. The minimum absolute atomic E-state index is 0.191. The summed E-state index contributed by atoms with van der Waals surface area (Å²) in [6, 6.07) is 6.47. The van der Waals surface area contributed by atoms with E-state index in [9.17, 15) is 4.79 Å². The molecule has 2 rings (SSSR count). The predicted molar refractivity (Wildman–Crippen MR) is 81.8 cm³/mol. The van der Waals surface area contributed by atoms with Crippen LogP contribution in [-0.2, 0) is 4.79 Å². The molecule has 1 amide bonds. The van der Waals surface area contributed by atoms with Crippen molar-refractivity contribution >= 4 is 5.91 Å². The average molecular weight is 292 g/mol. The number of likely N-dealkylation sites (N-methyl/N-ethyl adjacent to an activating group) is 1. The zero-order chi connectivity index (χ0) is 15.4. The molecule has 1 aliphatic heterocycles. The molecule has 5 heteroatoms. The van der Waals surface area contributed by atoms with Crippen LogP contribution in [0.5, 0.6) is 11.5 Å². The van der Waals surface area contributed by atoms with Crippen molar-refractivity contribution in [3.8, 4) is 11.5 Å². The highest BCUT2D eigenvalue weighted by Crippen LogP contribution is 2.30. The van der Waals surface area contributed by atoms with Gasteiger partial charge in [0.25, 0.3) is 0 Å². The molecule has 1 aliphatic rings. The van der Waals surface area contributed by atoms with E-state index in [-0.39, 0.29) is 11.9 Å². The highest BCUT2D eigenvalue weighted by Gasteiger charge is 2.24. The van der Waals surface area contributed by atoms with Crippen LogP contribution in [0.4, 0.5) is 0 Å². The number of carbonyl (C=O) groups is 1. The molecule has 21 heavy (non-hydrogen) atoms. The van der Waals surface area contributed by atoms with Gasteiger partial charge in [-0.05, 0) is 31.0 Å². The Bertz CT molecular complexity index is 504. The van der Waals surface area contributed by atoms with Crippen molar-refractivity contribution in [1.29, 1.82) is 0 Å². The Labute approximate surface area is 126 Å². The number of carbonyl (C=O) groups excluding carboxylic acids is 1. The van der Waals surface area contributed by atoms with Gasteiger partial charge in [-0.1, -0.05) is 6.07 Å². The summed E-state index contributed by atoms with van der Waals surface area (Å²) in [6.07, 6.45) is 1.51. The molecule has 116 valence electrons. The van der Waals surface area contributed by atoms with Gasteiger partial charge in [-0.15, -0.1) is 0 Å². The lowest BCUT2D eigenvalue weighted by atomic mass is 10.0. The van der Waals surface area contributed by atoms with Crippen molar-refractivity contribution in [3.05, 3.63) is 23.8 Å². The van der Waals surface area contributed by atoms with Crippen molar-refractivity contribution in [2.24, 2.45) is 0 Å². The van der Waals surface area contributed by atoms with Gasteiger partial charge in [0.15, 0.2) is 11.5 Å². The molecule has 2 unspecified atom stereocenters. The van der Waals surface area contributed by atoms with E-state index in [1.165, 1.54) is 0 Å². The third-order valence-corrected chi connectivity index (χ3v) is 4.02. The number of nitrogens with one attached hydrogen (secondary N) is 1. The molecule has 1 aromatic rings. The summed E-state index contributed by atoms with van der Waals surface area (Å²) in [4.78, 5) is 13.3. The number of hydrogen-bond acceptors (Lipinski definition) is 4. The predicted octanol–water partition coefficient (Wildman–Crippen LogP) is 1.98. The first-order valence-electron chi connectivity index (χ1n) is 7.27. The van der Waals surface area contributed by atoms with Crippen LogP contribution >= 0.6 is 0 Å². The van der Waals surface area contributed by atoms with Crippen molar-refractivity contribution in [2.75, 3.05) is 27.8 Å². The molecule has 0 spiro atoms. The molecule has 0 saturated carbocycles. The molecule has 5 nitrogen and oxygen atoms in total. The van der Waals surface area contributed by atoms with E-state index < -0.39 is 0 Å². The van der Waals surface area contributed by atoms with Crippen LogP contribution in [0.15, 0.2) is 18.2 Å². The molecule has 0 aliphatic carbocycles. The van der Waals surface area contributed by atoms with Gasteiger partial charge >= 0.3 is 0 Å². The van der Waals surface area contributed by atoms with Gasteiger partial charge in [0, 0.05) is 32.1 Å². The van der Waals surface area contributed by atoms with E-state index in [1.807, 2.05) is 25.2 Å². The van der Waals surface area contributed by atoms with E-state index in [1.54, 1.807) is 19.1 Å². The normalized spacial score (nSPS) is 20.3. The average Bonchev–Trinajstić information content (AvgIpc) is 2.50. The Balaban J connectivity index is 2.03. The molecule has 0 bridgehead atoms. The van der Waals surface area contributed by atoms with Crippen LogP contribution in [0.25, 0.3) is 0 Å². The number of nitrogens with zero attached hydrogens (tertiary/aromatic N) is 1. The maximum absolute atomic E-state index is 11.5. The third kappa shape index (κ3) is 3.67. The highest BCUT2D eigenvalue weighted by molar-refractivity contribution is 5.76. The number of piperidine rings is 1. The van der Waals surface area contributed by atoms with Crippen molar-refractivity contribution in [1.82, 2.24) is 10.2 Å². The SMILES string of the molecule is COc1ccc(C(C)NC2CCC(=O)N(C)C2)cc1OC. The Morgan fingerprint density at radius 3 is 2.62 bits per heavy atom. The lowest BCUT2D eigenvalue weighted by Crippen LogP contribution is -2.47. The van der Waals surface area contributed by atoms with Crippen LogP contribution in [-0.4, -0.2) is 44.7 Å². The summed E-state index contributed by atoms with van der Waals surface area (Å²) >= 11 is 0. The second kappa shape index (κ2) is 6.80. The molecule has 1 N–H and O–H groups in total. The Hall–Kier alpha value is -1.75. The molecule has 1 fully saturated rings. The van der Waals surface area contributed by atoms with Gasteiger partial charge in [-0.2, -0.15) is 0 Å². The first-order valence-corrected chi connectivity index (χ1v) is 7.27. The van der Waals surface area contributed by atoms with E-state index in [0.717, 1.165) is 30.0 Å². The number of amides is 1. The van der Waals surface area contributed by atoms with Crippen molar-refractivity contribution < 1.29 is 14.3 Å².